The van der Waals surface area contributed by atoms with Crippen LogP contribution in [0.25, 0.3) is 11.2 Å². The summed E-state index contributed by atoms with van der Waals surface area (Å²) in [4.78, 5) is 86.3. The molecule has 1 atom stereocenters. The molecule has 17 heteroatoms. The van der Waals surface area contributed by atoms with Crippen molar-refractivity contribution in [3.8, 4) is 0 Å². The van der Waals surface area contributed by atoms with Crippen LogP contribution in [0.15, 0.2) is 44.8 Å². The summed E-state index contributed by atoms with van der Waals surface area (Å²) >= 11 is 0. The maximum Gasteiger partial charge on any atom is 0.326 e. The van der Waals surface area contributed by atoms with E-state index in [1.54, 1.807) is 19.1 Å². The van der Waals surface area contributed by atoms with Gasteiger partial charge in [0.15, 0.2) is 11.2 Å². The predicted octanol–water partition coefficient (Wildman–Crippen LogP) is 1.59. The summed E-state index contributed by atoms with van der Waals surface area (Å²) in [5.74, 6) is -1.96. The van der Waals surface area contributed by atoms with E-state index in [0.717, 1.165) is 12.8 Å². The van der Waals surface area contributed by atoms with Crippen molar-refractivity contribution in [2.75, 3.05) is 50.7 Å². The van der Waals surface area contributed by atoms with Crippen molar-refractivity contribution in [2.24, 2.45) is 0 Å². The van der Waals surface area contributed by atoms with Gasteiger partial charge in [0, 0.05) is 48.4 Å². The van der Waals surface area contributed by atoms with Crippen molar-refractivity contribution >= 4 is 40.5 Å². The van der Waals surface area contributed by atoms with Gasteiger partial charge in [0.25, 0.3) is 11.5 Å². The number of nitrogens with zero attached hydrogens (tertiary/aromatic N) is 3. The van der Waals surface area contributed by atoms with Crippen molar-refractivity contribution in [2.45, 2.75) is 70.9 Å². The number of rotatable bonds is 25. The number of carboxylic acids is 1. The highest BCUT2D eigenvalue weighted by Crippen LogP contribution is 2.13. The fraction of sp³-hybridized carbons (Fsp3) is 0.472. The van der Waals surface area contributed by atoms with Crippen molar-refractivity contribution in [3.05, 3.63) is 83.6 Å². The number of anilines is 2. The smallest absolute Gasteiger partial charge is 0.326 e. The van der Waals surface area contributed by atoms with Crippen LogP contribution < -0.4 is 32.8 Å². The predicted molar refractivity (Wildman–Crippen MR) is 195 cm³/mol. The van der Waals surface area contributed by atoms with Gasteiger partial charge in [-0.2, -0.15) is 4.98 Å². The molecular weight excluding hydrogens is 690 g/mol. The largest absolute Gasteiger partial charge is 0.480 e. The number of hydrogen-bond acceptors (Lipinski definition) is 14. The van der Waals surface area contributed by atoms with Gasteiger partial charge in [-0.15, -0.1) is 0 Å². The Bertz CT molecular complexity index is 1970. The number of aromatic nitrogens is 4. The van der Waals surface area contributed by atoms with Crippen molar-refractivity contribution in [1.82, 2.24) is 25.3 Å². The maximum atomic E-state index is 12.8. The molecule has 2 aromatic carbocycles. The Morgan fingerprint density at radius 2 is 1.53 bits per heavy atom. The first kappa shape index (κ1) is 40.4. The van der Waals surface area contributed by atoms with Crippen LogP contribution in [-0.4, -0.2) is 88.4 Å². The van der Waals surface area contributed by atoms with Crippen molar-refractivity contribution < 1.29 is 33.7 Å². The zero-order chi connectivity index (χ0) is 38.2. The maximum absolute atomic E-state index is 12.8. The number of hydrogen-bond donors (Lipinski definition) is 5. The minimum Gasteiger partial charge on any atom is -0.480 e. The van der Waals surface area contributed by atoms with Crippen LogP contribution in [0.1, 0.15) is 72.1 Å². The Morgan fingerprint density at radius 1 is 0.868 bits per heavy atom. The van der Waals surface area contributed by atoms with Gasteiger partial charge in [0.1, 0.15) is 11.8 Å². The van der Waals surface area contributed by atoms with Crippen molar-refractivity contribution in [1.29, 1.82) is 0 Å². The van der Waals surface area contributed by atoms with Gasteiger partial charge in [0.05, 0.1) is 44.9 Å². The van der Waals surface area contributed by atoms with Gasteiger partial charge in [-0.25, -0.2) is 14.8 Å². The fourth-order valence-corrected chi connectivity index (χ4v) is 5.34. The number of benzene rings is 1. The minimum absolute atomic E-state index is 0.0162. The third-order valence-electron chi connectivity index (χ3n) is 8.40. The second kappa shape index (κ2) is 20.6. The van der Waals surface area contributed by atoms with E-state index < -0.39 is 23.5 Å². The molecule has 2 heterocycles. The molecule has 0 bridgehead atoms. The third kappa shape index (κ3) is 12.7. The highest BCUT2D eigenvalue weighted by atomic mass is 16.5. The molecule has 0 aliphatic carbocycles. The van der Waals surface area contributed by atoms with E-state index in [4.69, 9.17) is 19.9 Å². The number of nitrogen functional groups attached to an aromatic ring is 1. The molecule has 4 rings (SSSR count). The van der Waals surface area contributed by atoms with E-state index in [-0.39, 0.29) is 65.1 Å². The number of nitrogens with two attached hydrogens (primary N) is 1. The Morgan fingerprint density at radius 3 is 2.19 bits per heavy atom. The summed E-state index contributed by atoms with van der Waals surface area (Å²) in [5, 5.41) is 15.2. The summed E-state index contributed by atoms with van der Waals surface area (Å²) < 4.78 is 16.5. The second-order valence-corrected chi connectivity index (χ2v) is 12.4. The summed E-state index contributed by atoms with van der Waals surface area (Å²) in [6.07, 6.45) is 5.19. The normalized spacial score (nSPS) is 11.9. The molecule has 0 aliphatic heterocycles. The Labute approximate surface area is 304 Å². The standard InChI is InChI=1S/C36H45N7O10/c1-22-27(31(46)30(22)45)7-3-5-15-52-17-19-53-18-16-51-14-4-2-6-26(44)12-13-28(35(49)50)41-33(47)23-8-10-24(11-9-23)38-20-25-21-39-32-29(40-25)34(48)43-36(37)42-32/h8-11,21,28,38H,2-7,12-20H2,1H3,(H,41,47)(H,49,50)(H3,37,39,42,43,48)/t28-/m0/s1. The van der Waals surface area contributed by atoms with Gasteiger partial charge >= 0.3 is 5.97 Å². The lowest BCUT2D eigenvalue weighted by molar-refractivity contribution is -0.139. The average Bonchev–Trinajstić information content (AvgIpc) is 3.15. The van der Waals surface area contributed by atoms with Crippen LogP contribution in [0.4, 0.5) is 11.6 Å². The number of aliphatic carboxylic acids is 1. The molecule has 0 aliphatic rings. The molecule has 0 radical (unpaired) electrons. The Hall–Kier alpha value is -5.39. The van der Waals surface area contributed by atoms with Gasteiger partial charge in [-0.3, -0.25) is 29.0 Å². The van der Waals surface area contributed by atoms with Crippen LogP contribution in [0.2, 0.25) is 0 Å². The van der Waals surface area contributed by atoms with Crippen LogP contribution in [0.5, 0.6) is 0 Å². The first-order valence-electron chi connectivity index (χ1n) is 17.5. The Kier molecular flexibility index (Phi) is 15.7. The number of fused-ring (bicyclic) bond motifs is 1. The zero-order valence-corrected chi connectivity index (χ0v) is 29.6. The van der Waals surface area contributed by atoms with Gasteiger partial charge in [-0.05, 0) is 69.7 Å². The quantitative estimate of drug-likeness (QED) is 0.0478. The number of nitrogens with one attached hydrogen (secondary N) is 3. The van der Waals surface area contributed by atoms with Crippen LogP contribution in [0, 0.1) is 6.92 Å². The first-order valence-corrected chi connectivity index (χ1v) is 17.5. The first-order chi connectivity index (χ1) is 25.5. The summed E-state index contributed by atoms with van der Waals surface area (Å²) in [5.41, 5.74) is 7.09. The molecule has 0 saturated heterocycles. The monoisotopic (exact) mass is 735 g/mol. The number of carbonyl (C=O) groups excluding carboxylic acids is 2. The topological polar surface area (TPSA) is 255 Å². The third-order valence-corrected chi connectivity index (χ3v) is 8.40. The zero-order valence-electron chi connectivity index (χ0n) is 29.6. The molecule has 284 valence electrons. The summed E-state index contributed by atoms with van der Waals surface area (Å²) in [7, 11) is 0. The number of Topliss-reactive ketones (excluding diaryl/α,β-unsaturated/α-hetero) is 1. The molecule has 0 unspecified atom stereocenters. The number of carbonyl (C=O) groups is 3. The molecule has 1 amide bonds. The molecule has 0 fully saturated rings. The molecular formula is C36H45N7O10. The van der Waals surface area contributed by atoms with E-state index in [0.29, 0.717) is 81.4 Å². The number of aromatic amines is 1. The van der Waals surface area contributed by atoms with E-state index in [9.17, 15) is 33.9 Å². The minimum atomic E-state index is -1.23. The molecule has 17 nitrogen and oxygen atoms in total. The van der Waals surface area contributed by atoms with E-state index >= 15 is 0 Å². The van der Waals surface area contributed by atoms with E-state index in [2.05, 4.69) is 30.6 Å². The highest BCUT2D eigenvalue weighted by Gasteiger charge is 2.22. The molecule has 4 aromatic rings. The van der Waals surface area contributed by atoms with E-state index in [1.165, 1.54) is 18.3 Å². The van der Waals surface area contributed by atoms with Gasteiger partial charge in [0.2, 0.25) is 16.8 Å². The fourth-order valence-electron chi connectivity index (χ4n) is 5.34. The number of amides is 1. The molecule has 0 saturated carbocycles. The number of ether oxygens (including phenoxy) is 3. The van der Waals surface area contributed by atoms with E-state index in [1.807, 2.05) is 0 Å². The molecule has 2 aromatic heterocycles. The number of unbranched alkanes of at least 4 members (excludes halogenated alkanes) is 2. The van der Waals surface area contributed by atoms with Gasteiger partial charge in [-0.1, -0.05) is 0 Å². The lowest BCUT2D eigenvalue weighted by Crippen LogP contribution is -2.41. The van der Waals surface area contributed by atoms with Gasteiger partial charge < -0.3 is 35.7 Å². The molecule has 6 N–H and O–H groups in total. The lowest BCUT2D eigenvalue weighted by Gasteiger charge is -2.14. The number of H-pyrrole nitrogens is 1. The van der Waals surface area contributed by atoms with Crippen LogP contribution in [-0.2, 0) is 36.8 Å². The summed E-state index contributed by atoms with van der Waals surface area (Å²) in [6.45, 7) is 4.64. The highest BCUT2D eigenvalue weighted by molar-refractivity contribution is 5.97. The molecule has 0 spiro atoms. The summed E-state index contributed by atoms with van der Waals surface area (Å²) in [6, 6.07) is 5.12. The van der Waals surface area contributed by atoms with Crippen LogP contribution in [0.3, 0.4) is 0 Å². The number of carboxylic acid groups (broad SMARTS) is 1. The Balaban J connectivity index is 1.01. The SMILES string of the molecule is Cc1c(CCCCOCCOCCOCCCCC(=O)CC[C@H](NC(=O)c2ccc(NCc3cnc4nc(N)[nH]c(=O)c4n3)cc2)C(=O)O)c(=O)c1=O. The number of ketones is 1. The van der Waals surface area contributed by atoms with Crippen LogP contribution >= 0.6 is 0 Å². The second-order valence-electron chi connectivity index (χ2n) is 12.4. The molecule has 53 heavy (non-hydrogen) atoms. The average molecular weight is 736 g/mol. The lowest BCUT2D eigenvalue weighted by atomic mass is 9.97. The van der Waals surface area contributed by atoms with Crippen molar-refractivity contribution in [3.63, 3.8) is 0 Å².